The Morgan fingerprint density at radius 2 is 2.29 bits per heavy atom. The van der Waals surface area contributed by atoms with E-state index in [0.29, 0.717) is 21.9 Å². The van der Waals surface area contributed by atoms with Gasteiger partial charge in [-0.05, 0) is 25.5 Å². The molecule has 7 nitrogen and oxygen atoms in total. The number of H-pyrrole nitrogens is 1. The zero-order chi connectivity index (χ0) is 14.8. The number of nitro groups is 1. The third kappa shape index (κ3) is 3.11. The number of hydrogen-bond acceptors (Lipinski definition) is 5. The molecule has 0 radical (unpaired) electrons. The molecule has 1 aromatic carbocycles. The largest absolute Gasteiger partial charge is 0.331 e. The summed E-state index contributed by atoms with van der Waals surface area (Å²) >= 11 is 0. The van der Waals surface area contributed by atoms with Gasteiger partial charge >= 0.3 is 0 Å². The minimum atomic E-state index is -1.23. The van der Waals surface area contributed by atoms with Crippen LogP contribution in [0, 0.1) is 10.1 Å². The average Bonchev–Trinajstić information content (AvgIpc) is 2.91. The van der Waals surface area contributed by atoms with Crippen LogP contribution in [-0.2, 0) is 10.8 Å². The summed E-state index contributed by atoms with van der Waals surface area (Å²) in [5.41, 5.74) is 1.14. The van der Waals surface area contributed by atoms with Crippen molar-refractivity contribution in [3.05, 3.63) is 28.3 Å². The van der Waals surface area contributed by atoms with Gasteiger partial charge in [0.25, 0.3) is 5.69 Å². The van der Waals surface area contributed by atoms with Crippen molar-refractivity contribution in [3.8, 4) is 0 Å². The molecular weight excluding hydrogens is 292 g/mol. The number of rotatable bonds is 4. The predicted octanol–water partition coefficient (Wildman–Crippen LogP) is 1.72. The maximum Gasteiger partial charge on any atom is 0.271 e. The Bertz CT molecular complexity index is 694. The van der Waals surface area contributed by atoms with Gasteiger partial charge in [0.05, 0.1) is 26.8 Å². The summed E-state index contributed by atoms with van der Waals surface area (Å²) < 4.78 is 12.3. The van der Waals surface area contributed by atoms with Gasteiger partial charge in [-0.15, -0.1) is 0 Å². The Kier molecular flexibility index (Phi) is 3.98. The summed E-state index contributed by atoms with van der Waals surface area (Å²) in [5, 5.41) is 14.5. The van der Waals surface area contributed by atoms with E-state index < -0.39 is 15.7 Å². The van der Waals surface area contributed by atoms with E-state index in [0.717, 1.165) is 25.8 Å². The molecule has 1 fully saturated rings. The van der Waals surface area contributed by atoms with Gasteiger partial charge < -0.3 is 10.3 Å². The fourth-order valence-corrected chi connectivity index (χ4v) is 3.76. The molecule has 112 valence electrons. The van der Waals surface area contributed by atoms with Crippen molar-refractivity contribution in [3.63, 3.8) is 0 Å². The molecule has 1 aromatic heterocycles. The Morgan fingerprint density at radius 1 is 1.43 bits per heavy atom. The zero-order valence-corrected chi connectivity index (χ0v) is 12.2. The Morgan fingerprint density at radius 3 is 3.00 bits per heavy atom. The molecule has 0 unspecified atom stereocenters. The molecule has 8 heteroatoms. The monoisotopic (exact) mass is 308 g/mol. The number of aromatic nitrogens is 2. The highest BCUT2D eigenvalue weighted by Gasteiger charge is 2.19. The third-order valence-electron chi connectivity index (χ3n) is 3.64. The van der Waals surface area contributed by atoms with Crippen molar-refractivity contribution in [1.82, 2.24) is 15.3 Å². The first-order chi connectivity index (χ1) is 10.1. The number of piperidine rings is 1. The second-order valence-electron chi connectivity index (χ2n) is 5.16. The van der Waals surface area contributed by atoms with Crippen LogP contribution in [0.25, 0.3) is 11.0 Å². The van der Waals surface area contributed by atoms with E-state index >= 15 is 0 Å². The second-order valence-corrected chi connectivity index (χ2v) is 6.57. The van der Waals surface area contributed by atoms with Crippen LogP contribution >= 0.6 is 0 Å². The molecule has 2 atom stereocenters. The van der Waals surface area contributed by atoms with Crippen LogP contribution in [-0.4, -0.2) is 37.4 Å². The number of aromatic amines is 1. The van der Waals surface area contributed by atoms with Gasteiger partial charge in [-0.1, -0.05) is 6.42 Å². The van der Waals surface area contributed by atoms with Gasteiger partial charge in [0.1, 0.15) is 0 Å². The first kappa shape index (κ1) is 14.2. The van der Waals surface area contributed by atoms with E-state index in [2.05, 4.69) is 15.3 Å². The van der Waals surface area contributed by atoms with Crippen molar-refractivity contribution in [2.75, 3.05) is 12.3 Å². The molecular formula is C13H16N4O3S. The Hall–Kier alpha value is -1.80. The highest BCUT2D eigenvalue weighted by atomic mass is 32.2. The van der Waals surface area contributed by atoms with Crippen LogP contribution in [0.5, 0.6) is 0 Å². The molecule has 0 saturated carbocycles. The molecule has 1 aliphatic heterocycles. The number of fused-ring (bicyclic) bond motifs is 1. The quantitative estimate of drug-likeness (QED) is 0.661. The number of benzene rings is 1. The molecule has 0 aliphatic carbocycles. The molecule has 1 saturated heterocycles. The predicted molar refractivity (Wildman–Crippen MR) is 79.7 cm³/mol. The van der Waals surface area contributed by atoms with Crippen molar-refractivity contribution in [1.29, 1.82) is 0 Å². The highest BCUT2D eigenvalue weighted by molar-refractivity contribution is 7.84. The van der Waals surface area contributed by atoms with Gasteiger partial charge in [-0.3, -0.25) is 14.3 Å². The zero-order valence-electron chi connectivity index (χ0n) is 11.4. The number of imidazole rings is 1. The van der Waals surface area contributed by atoms with Crippen molar-refractivity contribution in [2.24, 2.45) is 0 Å². The number of nitro benzene ring substituents is 1. The lowest BCUT2D eigenvalue weighted by molar-refractivity contribution is -0.384. The van der Waals surface area contributed by atoms with Gasteiger partial charge in [-0.2, -0.15) is 0 Å². The molecule has 2 N–H and O–H groups in total. The SMILES string of the molecule is O=[N+]([O-])c1ccc2nc([S@](=O)C[C@@H]3CCCCN3)[nH]c2c1. The molecule has 3 rings (SSSR count). The van der Waals surface area contributed by atoms with Crippen LogP contribution in [0.4, 0.5) is 5.69 Å². The number of nitrogens with one attached hydrogen (secondary N) is 2. The smallest absolute Gasteiger partial charge is 0.271 e. The first-order valence-electron chi connectivity index (χ1n) is 6.89. The topological polar surface area (TPSA) is 101 Å². The van der Waals surface area contributed by atoms with E-state index in [9.17, 15) is 14.3 Å². The lowest BCUT2D eigenvalue weighted by Gasteiger charge is -2.22. The Labute approximate surface area is 123 Å². The highest BCUT2D eigenvalue weighted by Crippen LogP contribution is 2.20. The Balaban J connectivity index is 1.79. The first-order valence-corrected chi connectivity index (χ1v) is 8.21. The van der Waals surface area contributed by atoms with E-state index in [1.165, 1.54) is 12.1 Å². The van der Waals surface area contributed by atoms with Gasteiger partial charge in [-0.25, -0.2) is 4.98 Å². The minimum Gasteiger partial charge on any atom is -0.331 e. The standard InChI is InChI=1S/C13H16N4O3S/c18-17(19)10-4-5-11-12(7-10)16-13(15-11)21(20)8-9-3-1-2-6-14-9/h4-5,7,9,14H,1-3,6,8H2,(H,15,16)/t9-,21+/m0/s1. The van der Waals surface area contributed by atoms with Gasteiger partial charge in [0, 0.05) is 23.9 Å². The second kappa shape index (κ2) is 5.90. The molecule has 2 heterocycles. The summed E-state index contributed by atoms with van der Waals surface area (Å²) in [6.45, 7) is 0.966. The normalized spacial score (nSPS) is 20.5. The molecule has 21 heavy (non-hydrogen) atoms. The lowest BCUT2D eigenvalue weighted by Crippen LogP contribution is -2.38. The number of hydrogen-bond donors (Lipinski definition) is 2. The van der Waals surface area contributed by atoms with Crippen LogP contribution in [0.1, 0.15) is 19.3 Å². The molecule has 0 bridgehead atoms. The van der Waals surface area contributed by atoms with E-state index in [1.807, 2.05) is 0 Å². The molecule has 2 aromatic rings. The van der Waals surface area contributed by atoms with E-state index in [1.54, 1.807) is 6.07 Å². The summed E-state index contributed by atoms with van der Waals surface area (Å²) in [5.74, 6) is 0.516. The lowest BCUT2D eigenvalue weighted by atomic mass is 10.1. The van der Waals surface area contributed by atoms with Crippen molar-refractivity contribution in [2.45, 2.75) is 30.5 Å². The van der Waals surface area contributed by atoms with E-state index in [-0.39, 0.29) is 11.7 Å². The number of non-ortho nitro benzene ring substituents is 1. The molecule has 0 spiro atoms. The summed E-state index contributed by atoms with van der Waals surface area (Å²) in [4.78, 5) is 17.5. The maximum absolute atomic E-state index is 12.3. The fraction of sp³-hybridized carbons (Fsp3) is 0.462. The van der Waals surface area contributed by atoms with Crippen molar-refractivity contribution >= 4 is 27.5 Å². The maximum atomic E-state index is 12.3. The van der Waals surface area contributed by atoms with Crippen LogP contribution in [0.3, 0.4) is 0 Å². The minimum absolute atomic E-state index is 0.00238. The van der Waals surface area contributed by atoms with Crippen molar-refractivity contribution < 1.29 is 9.13 Å². The summed E-state index contributed by atoms with van der Waals surface area (Å²) in [6, 6.07) is 4.64. The van der Waals surface area contributed by atoms with Crippen LogP contribution in [0.2, 0.25) is 0 Å². The molecule has 0 amide bonds. The number of nitrogens with zero attached hydrogens (tertiary/aromatic N) is 2. The van der Waals surface area contributed by atoms with Crippen LogP contribution < -0.4 is 5.32 Å². The van der Waals surface area contributed by atoms with Crippen LogP contribution in [0.15, 0.2) is 23.4 Å². The molecule has 1 aliphatic rings. The summed E-state index contributed by atoms with van der Waals surface area (Å²) in [7, 11) is -1.23. The average molecular weight is 308 g/mol. The van der Waals surface area contributed by atoms with Gasteiger partial charge in [0.2, 0.25) is 0 Å². The van der Waals surface area contributed by atoms with E-state index in [4.69, 9.17) is 0 Å². The fourth-order valence-electron chi connectivity index (χ4n) is 2.52. The van der Waals surface area contributed by atoms with Gasteiger partial charge in [0.15, 0.2) is 5.16 Å². The summed E-state index contributed by atoms with van der Waals surface area (Å²) in [6.07, 6.45) is 3.34. The third-order valence-corrected chi connectivity index (χ3v) is 4.96.